The maximum atomic E-state index is 5.19. The highest BCUT2D eigenvalue weighted by molar-refractivity contribution is 7.98. The van der Waals surface area contributed by atoms with Gasteiger partial charge in [0.15, 0.2) is 10.8 Å². The maximum absolute atomic E-state index is 5.19. The van der Waals surface area contributed by atoms with Gasteiger partial charge in [-0.1, -0.05) is 17.8 Å². The Hall–Kier alpha value is -2.38. The van der Waals surface area contributed by atoms with E-state index in [1.807, 2.05) is 53.1 Å². The van der Waals surface area contributed by atoms with Gasteiger partial charge in [-0.3, -0.25) is 4.40 Å². The van der Waals surface area contributed by atoms with Gasteiger partial charge < -0.3 is 4.74 Å². The van der Waals surface area contributed by atoms with Crippen LogP contribution in [0.5, 0.6) is 5.75 Å². The molecule has 0 unspecified atom stereocenters. The lowest BCUT2D eigenvalue weighted by Gasteiger charge is -2.00. The summed E-state index contributed by atoms with van der Waals surface area (Å²) in [7, 11) is 1.67. The molecule has 0 radical (unpaired) electrons. The number of aromatic nitrogens is 4. The van der Waals surface area contributed by atoms with Crippen LogP contribution in [0.3, 0.4) is 0 Å². The van der Waals surface area contributed by atoms with Gasteiger partial charge in [-0.05, 0) is 36.4 Å². The molecule has 1 aromatic carbocycles. The second kappa shape index (κ2) is 6.62. The number of pyridine rings is 1. The van der Waals surface area contributed by atoms with Gasteiger partial charge in [-0.15, -0.1) is 21.5 Å². The summed E-state index contributed by atoms with van der Waals surface area (Å²) < 4.78 is 7.18. The van der Waals surface area contributed by atoms with Crippen LogP contribution in [0.15, 0.2) is 59.2 Å². The first-order chi connectivity index (χ1) is 11.8. The topological polar surface area (TPSA) is 52.3 Å². The number of thioether (sulfide) groups is 1. The van der Waals surface area contributed by atoms with Crippen LogP contribution in [0.1, 0.15) is 5.69 Å². The van der Waals surface area contributed by atoms with Crippen molar-refractivity contribution in [1.29, 1.82) is 0 Å². The fraction of sp³-hybridized carbons (Fsp3) is 0.118. The van der Waals surface area contributed by atoms with Crippen molar-refractivity contribution in [3.05, 3.63) is 59.7 Å². The molecule has 0 amide bonds. The molecule has 3 heterocycles. The Morgan fingerprint density at radius 1 is 1.12 bits per heavy atom. The van der Waals surface area contributed by atoms with Gasteiger partial charge in [0.05, 0.1) is 12.8 Å². The predicted molar refractivity (Wildman–Crippen MR) is 96.7 cm³/mol. The van der Waals surface area contributed by atoms with Gasteiger partial charge in [0.25, 0.3) is 0 Å². The lowest BCUT2D eigenvalue weighted by molar-refractivity contribution is 0.415. The highest BCUT2D eigenvalue weighted by Crippen LogP contribution is 2.28. The second-order valence-corrected chi connectivity index (χ2v) is 6.87. The Labute approximate surface area is 147 Å². The minimum absolute atomic E-state index is 0.766. The van der Waals surface area contributed by atoms with Crippen LogP contribution < -0.4 is 4.74 Å². The average Bonchev–Trinajstić information content (AvgIpc) is 3.27. The molecule has 0 saturated heterocycles. The fourth-order valence-corrected chi connectivity index (χ4v) is 4.04. The van der Waals surface area contributed by atoms with E-state index >= 15 is 0 Å². The summed E-state index contributed by atoms with van der Waals surface area (Å²) in [4.78, 5) is 4.71. The molecule has 0 N–H and O–H groups in total. The lowest BCUT2D eigenvalue weighted by atomic mass is 10.2. The number of benzene rings is 1. The third-order valence-electron chi connectivity index (χ3n) is 3.52. The van der Waals surface area contributed by atoms with Crippen LogP contribution in [0, 0.1) is 0 Å². The van der Waals surface area contributed by atoms with Crippen molar-refractivity contribution < 1.29 is 4.74 Å². The number of methoxy groups -OCH3 is 1. The van der Waals surface area contributed by atoms with Crippen molar-refractivity contribution in [3.63, 3.8) is 0 Å². The zero-order valence-electron chi connectivity index (χ0n) is 12.9. The van der Waals surface area contributed by atoms with Crippen LogP contribution in [0.4, 0.5) is 0 Å². The third-order valence-corrected chi connectivity index (χ3v) is 5.44. The Balaban J connectivity index is 1.48. The third kappa shape index (κ3) is 3.00. The van der Waals surface area contributed by atoms with Crippen molar-refractivity contribution in [2.45, 2.75) is 10.9 Å². The Morgan fingerprint density at radius 2 is 2.00 bits per heavy atom. The van der Waals surface area contributed by atoms with E-state index in [1.54, 1.807) is 30.2 Å². The summed E-state index contributed by atoms with van der Waals surface area (Å²) in [6, 6.07) is 13.8. The lowest BCUT2D eigenvalue weighted by Crippen LogP contribution is -1.88. The molecule has 0 fully saturated rings. The Kier molecular flexibility index (Phi) is 4.18. The van der Waals surface area contributed by atoms with Crippen LogP contribution in [0.2, 0.25) is 0 Å². The highest BCUT2D eigenvalue weighted by atomic mass is 32.2. The van der Waals surface area contributed by atoms with E-state index in [-0.39, 0.29) is 0 Å². The Morgan fingerprint density at radius 3 is 2.83 bits per heavy atom. The second-order valence-electron chi connectivity index (χ2n) is 5.07. The first-order valence-electron chi connectivity index (χ1n) is 7.35. The average molecular weight is 354 g/mol. The molecular formula is C17H14N4OS2. The summed E-state index contributed by atoms with van der Waals surface area (Å²) >= 11 is 3.29. The highest BCUT2D eigenvalue weighted by Gasteiger charge is 2.09. The number of thiazole rings is 1. The summed E-state index contributed by atoms with van der Waals surface area (Å²) in [5.74, 6) is 1.62. The normalized spacial score (nSPS) is 11.0. The van der Waals surface area contributed by atoms with Gasteiger partial charge in [0, 0.05) is 22.9 Å². The molecule has 4 aromatic rings. The monoisotopic (exact) mass is 354 g/mol. The van der Waals surface area contributed by atoms with E-state index in [4.69, 9.17) is 9.72 Å². The van der Waals surface area contributed by atoms with E-state index in [9.17, 15) is 0 Å². The molecule has 0 spiro atoms. The summed E-state index contributed by atoms with van der Waals surface area (Å²) in [6.45, 7) is 0. The summed E-state index contributed by atoms with van der Waals surface area (Å²) in [5, 5.41) is 12.4. The molecule has 0 bridgehead atoms. The number of nitrogens with zero attached hydrogens (tertiary/aromatic N) is 4. The van der Waals surface area contributed by atoms with Crippen LogP contribution in [-0.2, 0) is 5.75 Å². The van der Waals surface area contributed by atoms with E-state index in [0.717, 1.165) is 38.6 Å². The summed E-state index contributed by atoms with van der Waals surface area (Å²) in [5.41, 5.74) is 3.01. The minimum Gasteiger partial charge on any atom is -0.497 e. The molecule has 24 heavy (non-hydrogen) atoms. The molecule has 0 aliphatic rings. The molecule has 0 atom stereocenters. The van der Waals surface area contributed by atoms with Crippen LogP contribution in [0.25, 0.3) is 16.2 Å². The number of rotatable bonds is 5. The molecule has 5 nitrogen and oxygen atoms in total. The molecule has 3 aromatic heterocycles. The predicted octanol–water partition coefficient (Wildman–Crippen LogP) is 4.15. The molecule has 0 aliphatic carbocycles. The molecule has 0 aliphatic heterocycles. The van der Waals surface area contributed by atoms with Gasteiger partial charge in [-0.25, -0.2) is 4.98 Å². The zero-order valence-corrected chi connectivity index (χ0v) is 14.5. The van der Waals surface area contributed by atoms with Crippen molar-refractivity contribution >= 4 is 28.7 Å². The minimum atomic E-state index is 0.766. The van der Waals surface area contributed by atoms with Gasteiger partial charge in [0.2, 0.25) is 0 Å². The quantitative estimate of drug-likeness (QED) is 0.504. The Bertz CT molecular complexity index is 962. The first-order valence-corrected chi connectivity index (χ1v) is 9.21. The van der Waals surface area contributed by atoms with Gasteiger partial charge in [0.1, 0.15) is 10.8 Å². The zero-order chi connectivity index (χ0) is 16.4. The molecule has 7 heteroatoms. The van der Waals surface area contributed by atoms with E-state index in [2.05, 4.69) is 15.6 Å². The number of ether oxygens (including phenoxy) is 1. The van der Waals surface area contributed by atoms with E-state index in [0.29, 0.717) is 0 Å². The smallest absolute Gasteiger partial charge is 0.195 e. The van der Waals surface area contributed by atoms with Gasteiger partial charge in [-0.2, -0.15) is 0 Å². The first kappa shape index (κ1) is 15.2. The summed E-state index contributed by atoms with van der Waals surface area (Å²) in [6.07, 6.45) is 1.97. The molecule has 4 rings (SSSR count). The largest absolute Gasteiger partial charge is 0.497 e. The number of hydrogen-bond acceptors (Lipinski definition) is 6. The van der Waals surface area contributed by atoms with Crippen LogP contribution >= 0.6 is 23.1 Å². The van der Waals surface area contributed by atoms with Crippen molar-refractivity contribution in [1.82, 2.24) is 19.6 Å². The molecular weight excluding hydrogens is 340 g/mol. The maximum Gasteiger partial charge on any atom is 0.195 e. The fourth-order valence-electron chi connectivity index (χ4n) is 2.30. The van der Waals surface area contributed by atoms with Crippen molar-refractivity contribution in [3.8, 4) is 16.3 Å². The van der Waals surface area contributed by atoms with E-state index < -0.39 is 0 Å². The van der Waals surface area contributed by atoms with E-state index in [1.165, 1.54) is 0 Å². The molecule has 0 saturated carbocycles. The number of fused-ring (bicyclic) bond motifs is 1. The van der Waals surface area contributed by atoms with Crippen molar-refractivity contribution in [2.24, 2.45) is 0 Å². The SMILES string of the molecule is COc1ccc(-c2nc(CSc3nnc4ccccn34)cs2)cc1. The molecule has 120 valence electrons. The van der Waals surface area contributed by atoms with Crippen LogP contribution in [-0.4, -0.2) is 26.7 Å². The van der Waals surface area contributed by atoms with Gasteiger partial charge >= 0.3 is 0 Å². The van der Waals surface area contributed by atoms with Crippen molar-refractivity contribution in [2.75, 3.05) is 7.11 Å². The standard InChI is InChI=1S/C17H14N4OS2/c1-22-14-7-5-12(6-8-14)16-18-13(10-23-16)11-24-17-20-19-15-4-2-3-9-21(15)17/h2-10H,11H2,1H3. The number of hydrogen-bond donors (Lipinski definition) is 0.